The van der Waals surface area contributed by atoms with E-state index in [1.807, 2.05) is 39.8 Å². The first kappa shape index (κ1) is 22.7. The number of ether oxygens (including phenoxy) is 1. The quantitative estimate of drug-likeness (QED) is 0.312. The van der Waals surface area contributed by atoms with E-state index in [4.69, 9.17) is 4.74 Å². The second-order valence-electron chi connectivity index (χ2n) is 5.61. The molecule has 0 aliphatic heterocycles. The van der Waals surface area contributed by atoms with Gasteiger partial charge in [-0.15, -0.1) is 11.8 Å². The molecule has 0 aromatic heterocycles. The van der Waals surface area contributed by atoms with Crippen LogP contribution in [0.15, 0.2) is 12.2 Å². The minimum atomic E-state index is -0.154. The van der Waals surface area contributed by atoms with Crippen molar-refractivity contribution in [3.05, 3.63) is 12.2 Å². The smallest absolute Gasteiger partial charge is 0.308 e. The average Bonchev–Trinajstić information content (AvgIpc) is 2.55. The maximum absolute atomic E-state index is 11.7. The molecule has 0 fully saturated rings. The third-order valence-corrected chi connectivity index (χ3v) is 4.63. The molecule has 0 aliphatic carbocycles. The number of carbonyl (C=O) groups is 3. The van der Waals surface area contributed by atoms with Crippen molar-refractivity contribution in [2.75, 3.05) is 24.7 Å². The highest BCUT2D eigenvalue weighted by Crippen LogP contribution is 2.10. The van der Waals surface area contributed by atoms with Crippen LogP contribution in [0.5, 0.6) is 0 Å². The molecule has 0 aliphatic rings. The van der Waals surface area contributed by atoms with Gasteiger partial charge < -0.3 is 10.1 Å². The normalized spacial score (nSPS) is 12.4. The van der Waals surface area contributed by atoms with Crippen molar-refractivity contribution in [1.82, 2.24) is 5.32 Å². The largest absolute Gasteiger partial charge is 0.465 e. The lowest BCUT2D eigenvalue weighted by Crippen LogP contribution is -2.28. The molecule has 24 heavy (non-hydrogen) atoms. The van der Waals surface area contributed by atoms with Crippen LogP contribution in [0.4, 0.5) is 0 Å². The Hall–Kier alpha value is -1.30. The van der Waals surface area contributed by atoms with Crippen molar-refractivity contribution in [3.63, 3.8) is 0 Å². The summed E-state index contributed by atoms with van der Waals surface area (Å²) in [6.45, 7) is 8.36. The van der Waals surface area contributed by atoms with Crippen molar-refractivity contribution < 1.29 is 19.1 Å². The van der Waals surface area contributed by atoms with Crippen LogP contribution in [0.1, 0.15) is 47.0 Å². The van der Waals surface area contributed by atoms with E-state index in [0.717, 1.165) is 12.8 Å². The third kappa shape index (κ3) is 10.5. The number of rotatable bonds is 13. The standard InChI is InChI=1S/C18H31NO4S/c1-5-8-14(4)16(20)9-10-19-17(21)13-24-12-11-23-18(22)15(6-2)7-3/h5,8,14-15H,6-7,9-13H2,1-4H3,(H,19,21). The van der Waals surface area contributed by atoms with Crippen molar-refractivity contribution in [3.8, 4) is 0 Å². The Morgan fingerprint density at radius 1 is 1.21 bits per heavy atom. The molecule has 0 heterocycles. The summed E-state index contributed by atoms with van der Waals surface area (Å²) in [6.07, 6.45) is 5.62. The van der Waals surface area contributed by atoms with E-state index in [1.165, 1.54) is 11.8 Å². The molecule has 1 atom stereocenters. The van der Waals surface area contributed by atoms with Gasteiger partial charge in [-0.25, -0.2) is 0 Å². The Kier molecular flexibility index (Phi) is 13.3. The van der Waals surface area contributed by atoms with E-state index in [1.54, 1.807) is 0 Å². The minimum absolute atomic E-state index is 0.0271. The van der Waals surface area contributed by atoms with E-state index in [9.17, 15) is 14.4 Å². The van der Waals surface area contributed by atoms with E-state index >= 15 is 0 Å². The van der Waals surface area contributed by atoms with Gasteiger partial charge in [0.05, 0.1) is 11.7 Å². The SMILES string of the molecule is CC=CC(C)C(=O)CCNC(=O)CSCCOC(=O)C(CC)CC. The molecule has 1 amide bonds. The number of esters is 1. The van der Waals surface area contributed by atoms with Gasteiger partial charge in [-0.3, -0.25) is 14.4 Å². The highest BCUT2D eigenvalue weighted by atomic mass is 32.2. The second kappa shape index (κ2) is 14.1. The van der Waals surface area contributed by atoms with Crippen molar-refractivity contribution in [2.45, 2.75) is 47.0 Å². The van der Waals surface area contributed by atoms with Crippen LogP contribution in [-0.4, -0.2) is 42.3 Å². The number of carbonyl (C=O) groups excluding carboxylic acids is 3. The highest BCUT2D eigenvalue weighted by molar-refractivity contribution is 7.99. The van der Waals surface area contributed by atoms with Crippen LogP contribution in [-0.2, 0) is 19.1 Å². The molecule has 0 bridgehead atoms. The van der Waals surface area contributed by atoms with Crippen LogP contribution in [0, 0.1) is 11.8 Å². The first-order chi connectivity index (χ1) is 11.5. The molecule has 5 nitrogen and oxygen atoms in total. The van der Waals surface area contributed by atoms with Gasteiger partial charge in [0.15, 0.2) is 0 Å². The van der Waals surface area contributed by atoms with Crippen LogP contribution < -0.4 is 5.32 Å². The molecule has 0 aromatic rings. The van der Waals surface area contributed by atoms with Crippen molar-refractivity contribution in [2.24, 2.45) is 11.8 Å². The molecule has 0 spiro atoms. The fourth-order valence-corrected chi connectivity index (χ4v) is 2.74. The number of thioether (sulfide) groups is 1. The van der Waals surface area contributed by atoms with Gasteiger partial charge in [-0.1, -0.05) is 32.9 Å². The maximum atomic E-state index is 11.7. The molecule has 0 radical (unpaired) electrons. The van der Waals surface area contributed by atoms with Gasteiger partial charge in [0, 0.05) is 24.6 Å². The first-order valence-corrected chi connectivity index (χ1v) is 9.78. The van der Waals surface area contributed by atoms with E-state index < -0.39 is 0 Å². The summed E-state index contributed by atoms with van der Waals surface area (Å²) in [5, 5.41) is 2.73. The molecule has 0 aromatic carbocycles. The van der Waals surface area contributed by atoms with Crippen LogP contribution >= 0.6 is 11.8 Å². The summed E-state index contributed by atoms with van der Waals surface area (Å²) in [6, 6.07) is 0. The molecule has 1 unspecified atom stereocenters. The fraction of sp³-hybridized carbons (Fsp3) is 0.722. The van der Waals surface area contributed by atoms with Crippen molar-refractivity contribution in [1.29, 1.82) is 0 Å². The van der Waals surface area contributed by atoms with E-state index in [2.05, 4.69) is 5.32 Å². The minimum Gasteiger partial charge on any atom is -0.465 e. The lowest BCUT2D eigenvalue weighted by atomic mass is 10.0. The summed E-state index contributed by atoms with van der Waals surface area (Å²) in [7, 11) is 0. The average molecular weight is 358 g/mol. The van der Waals surface area contributed by atoms with Crippen LogP contribution in [0.2, 0.25) is 0 Å². The summed E-state index contributed by atoms with van der Waals surface area (Å²) < 4.78 is 5.19. The number of hydrogen-bond donors (Lipinski definition) is 1. The topological polar surface area (TPSA) is 72.5 Å². The molecule has 1 N–H and O–H groups in total. The Bertz CT molecular complexity index is 419. The molecule has 6 heteroatoms. The zero-order valence-electron chi connectivity index (χ0n) is 15.3. The monoisotopic (exact) mass is 357 g/mol. The summed E-state index contributed by atoms with van der Waals surface area (Å²) >= 11 is 1.42. The van der Waals surface area contributed by atoms with E-state index in [-0.39, 0.29) is 29.5 Å². The van der Waals surface area contributed by atoms with Gasteiger partial charge in [0.25, 0.3) is 0 Å². The first-order valence-electron chi connectivity index (χ1n) is 8.62. The maximum Gasteiger partial charge on any atom is 0.308 e. The predicted octanol–water partition coefficient (Wildman–Crippen LogP) is 2.99. The highest BCUT2D eigenvalue weighted by Gasteiger charge is 2.15. The summed E-state index contributed by atoms with van der Waals surface area (Å²) in [4.78, 5) is 35.0. The molecular formula is C18H31NO4S. The number of nitrogens with one attached hydrogen (secondary N) is 1. The lowest BCUT2D eigenvalue weighted by molar-refractivity contribution is -0.148. The third-order valence-electron chi connectivity index (χ3n) is 3.71. The second-order valence-corrected chi connectivity index (χ2v) is 6.72. The molecule has 0 saturated carbocycles. The van der Waals surface area contributed by atoms with Gasteiger partial charge >= 0.3 is 5.97 Å². The summed E-state index contributed by atoms with van der Waals surface area (Å²) in [5.41, 5.74) is 0. The number of ketones is 1. The van der Waals surface area contributed by atoms with Crippen LogP contribution in [0.25, 0.3) is 0 Å². The number of amides is 1. The zero-order chi connectivity index (χ0) is 18.4. The molecular weight excluding hydrogens is 326 g/mol. The Morgan fingerprint density at radius 3 is 2.46 bits per heavy atom. The zero-order valence-corrected chi connectivity index (χ0v) is 16.1. The Balaban J connectivity index is 3.70. The van der Waals surface area contributed by atoms with E-state index in [0.29, 0.717) is 31.1 Å². The Labute approximate surface area is 150 Å². The fourth-order valence-electron chi connectivity index (χ4n) is 2.11. The Morgan fingerprint density at radius 2 is 1.88 bits per heavy atom. The van der Waals surface area contributed by atoms with Gasteiger partial charge in [-0.2, -0.15) is 0 Å². The lowest BCUT2D eigenvalue weighted by Gasteiger charge is -2.11. The van der Waals surface area contributed by atoms with Crippen molar-refractivity contribution >= 4 is 29.4 Å². The number of Topliss-reactive ketones (excluding diaryl/α,β-unsaturated/α-hetero) is 1. The molecule has 0 saturated heterocycles. The van der Waals surface area contributed by atoms with Gasteiger partial charge in [0.2, 0.25) is 5.91 Å². The predicted molar refractivity (Wildman–Crippen MR) is 99.0 cm³/mol. The summed E-state index contributed by atoms with van der Waals surface area (Å²) in [5.74, 6) is 0.635. The molecule has 0 rings (SSSR count). The number of allylic oxidation sites excluding steroid dienone is 2. The van der Waals surface area contributed by atoms with Gasteiger partial charge in [0.1, 0.15) is 12.4 Å². The van der Waals surface area contributed by atoms with Gasteiger partial charge in [-0.05, 0) is 19.8 Å². The molecule has 138 valence electrons. The van der Waals surface area contributed by atoms with Crippen LogP contribution in [0.3, 0.4) is 0 Å². The number of hydrogen-bond acceptors (Lipinski definition) is 5.